The standard InChI is InChI=1S/C20H25N3O5S2/c1-28-20(25)19-17(8-13-29-19)30(26,27)23-10-5-9-22(11-12-23)15-18(24)21-14-16-6-3-2-4-7-16/h2-4,6-8,13H,5,9-12,14-15H2,1H3,(H,21,24). The molecule has 2 aromatic rings. The molecule has 0 atom stereocenters. The van der Waals surface area contributed by atoms with Crippen molar-refractivity contribution < 1.29 is 22.7 Å². The first kappa shape index (κ1) is 22.4. The minimum Gasteiger partial charge on any atom is -0.465 e. The van der Waals surface area contributed by atoms with Crippen LogP contribution >= 0.6 is 11.3 Å². The SMILES string of the molecule is COC(=O)c1sccc1S(=O)(=O)N1CCCN(CC(=O)NCc2ccccc2)CC1. The van der Waals surface area contributed by atoms with E-state index in [1.807, 2.05) is 35.2 Å². The number of benzene rings is 1. The van der Waals surface area contributed by atoms with Crippen LogP contribution in [0.2, 0.25) is 0 Å². The van der Waals surface area contributed by atoms with Crippen LogP contribution in [0.15, 0.2) is 46.7 Å². The van der Waals surface area contributed by atoms with Gasteiger partial charge < -0.3 is 10.1 Å². The van der Waals surface area contributed by atoms with E-state index in [0.717, 1.165) is 16.9 Å². The Labute approximate surface area is 180 Å². The van der Waals surface area contributed by atoms with Gasteiger partial charge in [-0.1, -0.05) is 30.3 Å². The van der Waals surface area contributed by atoms with E-state index in [1.54, 1.807) is 5.38 Å². The van der Waals surface area contributed by atoms with E-state index in [2.05, 4.69) is 5.32 Å². The van der Waals surface area contributed by atoms with Crippen molar-refractivity contribution in [3.8, 4) is 0 Å². The van der Waals surface area contributed by atoms with Crippen molar-refractivity contribution in [2.75, 3.05) is 39.8 Å². The van der Waals surface area contributed by atoms with Gasteiger partial charge in [-0.25, -0.2) is 13.2 Å². The van der Waals surface area contributed by atoms with Crippen LogP contribution in [0, 0.1) is 0 Å². The number of ether oxygens (including phenoxy) is 1. The smallest absolute Gasteiger partial charge is 0.349 e. The Hall–Kier alpha value is -2.27. The molecule has 0 spiro atoms. The minimum atomic E-state index is -3.81. The lowest BCUT2D eigenvalue weighted by Crippen LogP contribution is -2.40. The van der Waals surface area contributed by atoms with Crippen molar-refractivity contribution in [2.24, 2.45) is 0 Å². The zero-order chi connectivity index (χ0) is 21.6. The number of carbonyl (C=O) groups is 2. The zero-order valence-corrected chi connectivity index (χ0v) is 18.4. The topological polar surface area (TPSA) is 96.0 Å². The van der Waals surface area contributed by atoms with Crippen LogP contribution in [0.5, 0.6) is 0 Å². The van der Waals surface area contributed by atoms with E-state index < -0.39 is 16.0 Å². The molecule has 30 heavy (non-hydrogen) atoms. The summed E-state index contributed by atoms with van der Waals surface area (Å²) in [5.74, 6) is -0.754. The maximum atomic E-state index is 13.1. The highest BCUT2D eigenvalue weighted by Gasteiger charge is 2.32. The van der Waals surface area contributed by atoms with Crippen molar-refractivity contribution in [1.82, 2.24) is 14.5 Å². The first-order chi connectivity index (χ1) is 14.4. The summed E-state index contributed by atoms with van der Waals surface area (Å²) in [4.78, 5) is 26.2. The maximum Gasteiger partial charge on any atom is 0.349 e. The van der Waals surface area contributed by atoms with Crippen LogP contribution in [0.1, 0.15) is 21.7 Å². The average molecular weight is 452 g/mol. The zero-order valence-electron chi connectivity index (χ0n) is 16.7. The molecule has 0 unspecified atom stereocenters. The quantitative estimate of drug-likeness (QED) is 0.642. The van der Waals surface area contributed by atoms with E-state index >= 15 is 0 Å². The number of rotatable bonds is 7. The lowest BCUT2D eigenvalue weighted by molar-refractivity contribution is -0.122. The van der Waals surface area contributed by atoms with Crippen LogP contribution in [0.25, 0.3) is 0 Å². The first-order valence-electron chi connectivity index (χ1n) is 9.60. The molecule has 1 aliphatic rings. The highest BCUT2D eigenvalue weighted by molar-refractivity contribution is 7.89. The van der Waals surface area contributed by atoms with Gasteiger partial charge in [-0.05, 0) is 30.0 Å². The van der Waals surface area contributed by atoms with E-state index in [-0.39, 0.29) is 28.8 Å². The molecule has 1 aromatic carbocycles. The second-order valence-corrected chi connectivity index (χ2v) is 9.72. The number of hydrogen-bond acceptors (Lipinski definition) is 7. The van der Waals surface area contributed by atoms with Gasteiger partial charge in [0.2, 0.25) is 15.9 Å². The number of nitrogens with zero attached hydrogens (tertiary/aromatic N) is 2. The molecule has 1 saturated heterocycles. The van der Waals surface area contributed by atoms with Crippen molar-refractivity contribution in [3.05, 3.63) is 52.2 Å². The number of carbonyl (C=O) groups excluding carboxylic acids is 2. The Balaban J connectivity index is 1.57. The molecule has 1 fully saturated rings. The summed E-state index contributed by atoms with van der Waals surface area (Å²) in [5.41, 5.74) is 1.02. The highest BCUT2D eigenvalue weighted by Crippen LogP contribution is 2.26. The summed E-state index contributed by atoms with van der Waals surface area (Å²) in [5, 5.41) is 4.46. The molecule has 162 valence electrons. The van der Waals surface area contributed by atoms with Gasteiger partial charge in [-0.3, -0.25) is 9.69 Å². The highest BCUT2D eigenvalue weighted by atomic mass is 32.2. The molecule has 1 N–H and O–H groups in total. The fourth-order valence-electron chi connectivity index (χ4n) is 3.28. The van der Waals surface area contributed by atoms with E-state index in [9.17, 15) is 18.0 Å². The van der Waals surface area contributed by atoms with Crippen LogP contribution in [0.4, 0.5) is 0 Å². The molecule has 0 saturated carbocycles. The molecule has 1 aromatic heterocycles. The van der Waals surface area contributed by atoms with Gasteiger partial charge >= 0.3 is 5.97 Å². The van der Waals surface area contributed by atoms with Crippen molar-refractivity contribution in [3.63, 3.8) is 0 Å². The summed E-state index contributed by atoms with van der Waals surface area (Å²) in [6.45, 7) is 2.33. The Morgan fingerprint density at radius 2 is 1.87 bits per heavy atom. The van der Waals surface area contributed by atoms with Gasteiger partial charge in [-0.2, -0.15) is 4.31 Å². The number of sulfonamides is 1. The molecule has 0 radical (unpaired) electrons. The first-order valence-corrected chi connectivity index (χ1v) is 11.9. The lowest BCUT2D eigenvalue weighted by Gasteiger charge is -2.21. The lowest BCUT2D eigenvalue weighted by atomic mass is 10.2. The molecule has 2 heterocycles. The molecule has 8 nitrogen and oxygen atoms in total. The Morgan fingerprint density at radius 3 is 2.60 bits per heavy atom. The van der Waals surface area contributed by atoms with E-state index in [4.69, 9.17) is 4.74 Å². The number of methoxy groups -OCH3 is 1. The summed E-state index contributed by atoms with van der Waals surface area (Å²) >= 11 is 1.05. The molecule has 0 bridgehead atoms. The van der Waals surface area contributed by atoms with E-state index in [0.29, 0.717) is 32.6 Å². The predicted molar refractivity (Wildman–Crippen MR) is 114 cm³/mol. The van der Waals surface area contributed by atoms with Gasteiger partial charge in [0.05, 0.1) is 13.7 Å². The molecular weight excluding hydrogens is 426 g/mol. The third-order valence-corrected chi connectivity index (χ3v) is 7.83. The summed E-state index contributed by atoms with van der Waals surface area (Å²) in [6, 6.07) is 11.1. The van der Waals surface area contributed by atoms with Gasteiger partial charge in [0.1, 0.15) is 9.77 Å². The predicted octanol–water partition coefficient (Wildman–Crippen LogP) is 1.55. The number of thiophene rings is 1. The Bertz CT molecular complexity index is 975. The molecule has 0 aliphatic carbocycles. The number of nitrogens with one attached hydrogen (secondary N) is 1. The monoisotopic (exact) mass is 451 g/mol. The summed E-state index contributed by atoms with van der Waals surface area (Å²) in [6.07, 6.45) is 0.600. The number of amides is 1. The van der Waals surface area contributed by atoms with Crippen molar-refractivity contribution in [2.45, 2.75) is 17.9 Å². The van der Waals surface area contributed by atoms with Gasteiger partial charge in [0, 0.05) is 26.2 Å². The third kappa shape index (κ3) is 5.45. The second kappa shape index (κ2) is 10.2. The van der Waals surface area contributed by atoms with Crippen LogP contribution < -0.4 is 5.32 Å². The average Bonchev–Trinajstić information content (AvgIpc) is 3.14. The van der Waals surface area contributed by atoms with E-state index in [1.165, 1.54) is 17.5 Å². The van der Waals surface area contributed by atoms with Gasteiger partial charge in [0.15, 0.2) is 0 Å². The molecule has 1 amide bonds. The van der Waals surface area contributed by atoms with Gasteiger partial charge in [-0.15, -0.1) is 11.3 Å². The summed E-state index contributed by atoms with van der Waals surface area (Å²) in [7, 11) is -2.58. The molecule has 10 heteroatoms. The number of esters is 1. The second-order valence-electron chi connectivity index (χ2n) is 6.90. The third-order valence-electron chi connectivity index (χ3n) is 4.86. The fourth-order valence-corrected chi connectivity index (χ4v) is 6.06. The molecular formula is C20H25N3O5S2. The normalized spacial score (nSPS) is 16.0. The molecule has 3 rings (SSSR count). The van der Waals surface area contributed by atoms with Crippen molar-refractivity contribution in [1.29, 1.82) is 0 Å². The molecule has 1 aliphatic heterocycles. The number of hydrogen-bond donors (Lipinski definition) is 1. The van der Waals surface area contributed by atoms with Crippen molar-refractivity contribution >= 4 is 33.2 Å². The Morgan fingerprint density at radius 1 is 1.10 bits per heavy atom. The minimum absolute atomic E-state index is 0.0200. The largest absolute Gasteiger partial charge is 0.465 e. The van der Waals surface area contributed by atoms with Crippen LogP contribution in [0.3, 0.4) is 0 Å². The fraction of sp³-hybridized carbons (Fsp3) is 0.400. The van der Waals surface area contributed by atoms with Crippen LogP contribution in [-0.2, 0) is 26.1 Å². The summed E-state index contributed by atoms with van der Waals surface area (Å²) < 4.78 is 32.2. The van der Waals surface area contributed by atoms with Gasteiger partial charge in [0.25, 0.3) is 0 Å². The Kier molecular flexibility index (Phi) is 7.59. The van der Waals surface area contributed by atoms with Crippen LogP contribution in [-0.4, -0.2) is 69.3 Å². The maximum absolute atomic E-state index is 13.1.